The number of hydrogen-bond acceptors (Lipinski definition) is 8. The third-order valence-corrected chi connectivity index (χ3v) is 9.01. The SMILES string of the molecule is COc1ccccc1C(=O)Nc1ccc(N2CCN(c3ccccc3F)CC2)c(S(=O)(=O)NCc2ccc3c(c2)OCO3)c1. The topological polar surface area (TPSA) is 109 Å². The molecular formula is C32H31FN4O6S. The second kappa shape index (κ2) is 12.4. The van der Waals surface area contributed by atoms with Crippen LogP contribution >= 0.6 is 0 Å². The summed E-state index contributed by atoms with van der Waals surface area (Å²) >= 11 is 0. The number of nitrogens with one attached hydrogen (secondary N) is 2. The Bertz CT molecular complexity index is 1790. The molecule has 1 amide bonds. The number of fused-ring (bicyclic) bond motifs is 1. The van der Waals surface area contributed by atoms with Gasteiger partial charge in [-0.2, -0.15) is 0 Å². The number of piperazine rings is 1. The molecule has 4 aromatic carbocycles. The van der Waals surface area contributed by atoms with E-state index in [0.29, 0.717) is 71.6 Å². The summed E-state index contributed by atoms with van der Waals surface area (Å²) in [6, 6.07) is 23.4. The van der Waals surface area contributed by atoms with Gasteiger partial charge in [-0.05, 0) is 60.2 Å². The Morgan fingerprint density at radius 2 is 1.57 bits per heavy atom. The Morgan fingerprint density at radius 1 is 0.864 bits per heavy atom. The normalized spacial score (nSPS) is 14.4. The third-order valence-electron chi connectivity index (χ3n) is 7.58. The summed E-state index contributed by atoms with van der Waals surface area (Å²) in [5.74, 6) is 0.813. The van der Waals surface area contributed by atoms with Gasteiger partial charge in [-0.25, -0.2) is 17.5 Å². The van der Waals surface area contributed by atoms with Gasteiger partial charge in [0.1, 0.15) is 16.5 Å². The number of carbonyl (C=O) groups excluding carboxylic acids is 1. The van der Waals surface area contributed by atoms with E-state index < -0.39 is 15.9 Å². The molecule has 2 aliphatic rings. The van der Waals surface area contributed by atoms with Gasteiger partial charge in [0.15, 0.2) is 11.5 Å². The maximum Gasteiger partial charge on any atom is 0.259 e. The number of halogens is 1. The maximum atomic E-state index is 14.4. The third kappa shape index (κ3) is 6.12. The zero-order chi connectivity index (χ0) is 30.7. The van der Waals surface area contributed by atoms with Crippen LogP contribution in [0, 0.1) is 5.82 Å². The van der Waals surface area contributed by atoms with Crippen molar-refractivity contribution in [3.05, 3.63) is 102 Å². The predicted molar refractivity (Wildman–Crippen MR) is 165 cm³/mol. The number of amides is 1. The van der Waals surface area contributed by atoms with Crippen molar-refractivity contribution in [2.75, 3.05) is 55.2 Å². The van der Waals surface area contributed by atoms with Crippen LogP contribution in [-0.2, 0) is 16.6 Å². The minimum absolute atomic E-state index is 0.00964. The number of benzene rings is 4. The van der Waals surface area contributed by atoms with Gasteiger partial charge in [0.2, 0.25) is 16.8 Å². The summed E-state index contributed by atoms with van der Waals surface area (Å²) < 4.78 is 60.9. The molecule has 228 valence electrons. The molecule has 2 heterocycles. The molecule has 0 aromatic heterocycles. The molecule has 2 N–H and O–H groups in total. The van der Waals surface area contributed by atoms with Crippen molar-refractivity contribution in [2.45, 2.75) is 11.4 Å². The lowest BCUT2D eigenvalue weighted by Crippen LogP contribution is -2.47. The van der Waals surface area contributed by atoms with Crippen molar-refractivity contribution in [1.82, 2.24) is 4.72 Å². The van der Waals surface area contributed by atoms with Crippen LogP contribution in [0.1, 0.15) is 15.9 Å². The van der Waals surface area contributed by atoms with Crippen molar-refractivity contribution in [1.29, 1.82) is 0 Å². The first kappa shape index (κ1) is 29.3. The van der Waals surface area contributed by atoms with E-state index in [1.807, 2.05) is 9.80 Å². The highest BCUT2D eigenvalue weighted by Gasteiger charge is 2.27. The highest BCUT2D eigenvalue weighted by molar-refractivity contribution is 7.89. The van der Waals surface area contributed by atoms with Crippen molar-refractivity contribution in [3.63, 3.8) is 0 Å². The van der Waals surface area contributed by atoms with Crippen LogP contribution in [0.3, 0.4) is 0 Å². The van der Waals surface area contributed by atoms with Gasteiger partial charge in [-0.1, -0.05) is 30.3 Å². The van der Waals surface area contributed by atoms with Gasteiger partial charge in [0.05, 0.1) is 24.0 Å². The fraction of sp³-hybridized carbons (Fsp3) is 0.219. The molecule has 1 saturated heterocycles. The maximum absolute atomic E-state index is 14.4. The number of rotatable bonds is 9. The Morgan fingerprint density at radius 3 is 2.34 bits per heavy atom. The number of sulfonamides is 1. The molecule has 0 saturated carbocycles. The number of hydrogen-bond donors (Lipinski definition) is 2. The van der Waals surface area contributed by atoms with Gasteiger partial charge in [0, 0.05) is 38.4 Å². The van der Waals surface area contributed by atoms with Crippen LogP contribution in [0.5, 0.6) is 17.2 Å². The molecule has 1 fully saturated rings. The quantitative estimate of drug-likeness (QED) is 0.280. The zero-order valence-corrected chi connectivity index (χ0v) is 24.8. The van der Waals surface area contributed by atoms with Crippen LogP contribution < -0.4 is 34.0 Å². The van der Waals surface area contributed by atoms with E-state index in [9.17, 15) is 17.6 Å². The first-order chi connectivity index (χ1) is 21.3. The Labute approximate surface area is 255 Å². The average Bonchev–Trinajstić information content (AvgIpc) is 3.52. The lowest BCUT2D eigenvalue weighted by Gasteiger charge is -2.38. The second-order valence-electron chi connectivity index (χ2n) is 10.3. The van der Waals surface area contributed by atoms with E-state index in [1.165, 1.54) is 19.2 Å². The van der Waals surface area contributed by atoms with E-state index in [0.717, 1.165) is 0 Å². The molecule has 4 aromatic rings. The minimum atomic E-state index is -4.07. The van der Waals surface area contributed by atoms with E-state index in [4.69, 9.17) is 14.2 Å². The molecule has 6 rings (SSSR count). The Kier molecular flexibility index (Phi) is 8.27. The summed E-state index contributed by atoms with van der Waals surface area (Å²) in [4.78, 5) is 17.0. The molecule has 2 aliphatic heterocycles. The van der Waals surface area contributed by atoms with Gasteiger partial charge >= 0.3 is 0 Å². The van der Waals surface area contributed by atoms with Crippen LogP contribution in [-0.4, -0.2) is 54.4 Å². The van der Waals surface area contributed by atoms with Crippen molar-refractivity contribution in [3.8, 4) is 17.2 Å². The monoisotopic (exact) mass is 618 g/mol. The number of methoxy groups -OCH3 is 1. The van der Waals surface area contributed by atoms with E-state index >= 15 is 0 Å². The number of carbonyl (C=O) groups is 1. The predicted octanol–water partition coefficient (Wildman–Crippen LogP) is 4.62. The molecule has 10 nitrogen and oxygen atoms in total. The van der Waals surface area contributed by atoms with E-state index in [2.05, 4.69) is 10.0 Å². The standard InChI is InChI=1S/C32H31FN4O6S/c1-41-28-9-5-2-6-24(28)32(38)35-23-11-12-27(37-16-14-36(15-17-37)26-8-4-3-7-25(26)33)31(19-23)44(39,40)34-20-22-10-13-29-30(18-22)43-21-42-29/h2-13,18-19,34H,14-17,20-21H2,1H3,(H,35,38). The van der Waals surface area contributed by atoms with Gasteiger partial charge in [-0.3, -0.25) is 4.79 Å². The smallest absolute Gasteiger partial charge is 0.259 e. The molecule has 0 unspecified atom stereocenters. The molecule has 0 spiro atoms. The highest BCUT2D eigenvalue weighted by atomic mass is 32.2. The minimum Gasteiger partial charge on any atom is -0.496 e. The largest absolute Gasteiger partial charge is 0.496 e. The van der Waals surface area contributed by atoms with E-state index in [-0.39, 0.29) is 24.1 Å². The molecule has 0 radical (unpaired) electrons. The van der Waals surface area contributed by atoms with Gasteiger partial charge < -0.3 is 29.3 Å². The average molecular weight is 619 g/mol. The van der Waals surface area contributed by atoms with Crippen molar-refractivity contribution >= 4 is 33.0 Å². The molecule has 12 heteroatoms. The second-order valence-corrected chi connectivity index (χ2v) is 12.0. The molecule has 0 aliphatic carbocycles. The first-order valence-corrected chi connectivity index (χ1v) is 15.5. The van der Waals surface area contributed by atoms with Crippen molar-refractivity contribution < 1.29 is 31.8 Å². The lowest BCUT2D eigenvalue weighted by atomic mass is 10.1. The van der Waals surface area contributed by atoms with Crippen LogP contribution in [0.4, 0.5) is 21.5 Å². The molecule has 44 heavy (non-hydrogen) atoms. The summed E-state index contributed by atoms with van der Waals surface area (Å²) in [5, 5.41) is 2.80. The van der Waals surface area contributed by atoms with E-state index in [1.54, 1.807) is 72.8 Å². The summed E-state index contributed by atoms with van der Waals surface area (Å²) in [7, 11) is -2.60. The number of para-hydroxylation sites is 2. The summed E-state index contributed by atoms with van der Waals surface area (Å²) in [6.07, 6.45) is 0. The lowest BCUT2D eigenvalue weighted by molar-refractivity contribution is 0.102. The van der Waals surface area contributed by atoms with Crippen LogP contribution in [0.2, 0.25) is 0 Å². The molecule has 0 atom stereocenters. The highest BCUT2D eigenvalue weighted by Crippen LogP contribution is 2.34. The molecule has 0 bridgehead atoms. The van der Waals surface area contributed by atoms with Crippen molar-refractivity contribution in [2.24, 2.45) is 0 Å². The van der Waals surface area contributed by atoms with Gasteiger partial charge in [-0.15, -0.1) is 0 Å². The fourth-order valence-electron chi connectivity index (χ4n) is 5.30. The van der Waals surface area contributed by atoms with Crippen LogP contribution in [0.15, 0.2) is 89.8 Å². The Balaban J connectivity index is 1.27. The number of anilines is 3. The van der Waals surface area contributed by atoms with Gasteiger partial charge in [0.25, 0.3) is 5.91 Å². The number of ether oxygens (including phenoxy) is 3. The summed E-state index contributed by atoms with van der Waals surface area (Å²) in [6.45, 7) is 2.05. The van der Waals surface area contributed by atoms with Crippen LogP contribution in [0.25, 0.3) is 0 Å². The summed E-state index contributed by atoms with van der Waals surface area (Å²) in [5.41, 5.74) is 2.30. The molecular weight excluding hydrogens is 587 g/mol. The Hall–Kier alpha value is -4.81. The zero-order valence-electron chi connectivity index (χ0n) is 24.0. The fourth-order valence-corrected chi connectivity index (χ4v) is 6.57. The number of nitrogens with zero attached hydrogens (tertiary/aromatic N) is 2. The first-order valence-electron chi connectivity index (χ1n) is 14.0.